The normalized spacial score (nSPS) is 10.4. The van der Waals surface area contributed by atoms with Crippen molar-refractivity contribution < 1.29 is 14.3 Å². The van der Waals surface area contributed by atoms with Gasteiger partial charge in [-0.25, -0.2) is 4.79 Å². The van der Waals surface area contributed by atoms with Crippen LogP contribution in [0.1, 0.15) is 0 Å². The van der Waals surface area contributed by atoms with Gasteiger partial charge in [-0.05, 0) is 35.7 Å². The molecule has 3 rings (SSSR count). The summed E-state index contributed by atoms with van der Waals surface area (Å²) in [5, 5.41) is 2.04. The number of carbonyl (C=O) groups is 1. The minimum absolute atomic E-state index is 0.135. The Bertz CT molecular complexity index is 792. The van der Waals surface area contributed by atoms with Crippen LogP contribution in [0.5, 0.6) is 11.5 Å². The number of fused-ring (bicyclic) bond motifs is 1. The zero-order valence-corrected chi connectivity index (χ0v) is 13.2. The minimum atomic E-state index is -0.435. The molecule has 3 aromatic rings. The number of halogens is 1. The molecule has 0 atom stereocenters. The van der Waals surface area contributed by atoms with E-state index in [1.807, 2.05) is 54.6 Å². The van der Waals surface area contributed by atoms with Crippen LogP contribution in [0.2, 0.25) is 0 Å². The Kier molecular flexibility index (Phi) is 4.39. The summed E-state index contributed by atoms with van der Waals surface area (Å²) in [6, 6.07) is 20.7. The third-order valence-electron chi connectivity index (χ3n) is 3.14. The molecule has 0 aromatic heterocycles. The molecule has 0 radical (unpaired) electrons. The summed E-state index contributed by atoms with van der Waals surface area (Å²) in [6.45, 7) is -0.135. The molecule has 0 spiro atoms. The second-order valence-corrected chi connectivity index (χ2v) is 5.61. The summed E-state index contributed by atoms with van der Waals surface area (Å²) in [7, 11) is 0. The fourth-order valence-electron chi connectivity index (χ4n) is 2.12. The average Bonchev–Trinajstić information content (AvgIpc) is 2.55. The fourth-order valence-corrected chi connectivity index (χ4v) is 2.39. The van der Waals surface area contributed by atoms with E-state index in [0.717, 1.165) is 15.2 Å². The highest BCUT2D eigenvalue weighted by Gasteiger charge is 2.08. The SMILES string of the molecule is O=C(COc1cccc2ccccc12)Oc1ccc(Br)cc1. The fraction of sp³-hybridized carbons (Fsp3) is 0.0556. The maximum atomic E-state index is 11.8. The highest BCUT2D eigenvalue weighted by molar-refractivity contribution is 9.10. The van der Waals surface area contributed by atoms with Gasteiger partial charge in [-0.2, -0.15) is 0 Å². The molecule has 0 heterocycles. The lowest BCUT2D eigenvalue weighted by molar-refractivity contribution is -0.136. The first kappa shape index (κ1) is 14.6. The lowest BCUT2D eigenvalue weighted by Gasteiger charge is -2.09. The van der Waals surface area contributed by atoms with E-state index < -0.39 is 5.97 Å². The van der Waals surface area contributed by atoms with Crippen molar-refractivity contribution >= 4 is 32.7 Å². The van der Waals surface area contributed by atoms with Crippen LogP contribution in [-0.4, -0.2) is 12.6 Å². The van der Waals surface area contributed by atoms with Gasteiger partial charge in [0, 0.05) is 9.86 Å². The zero-order chi connectivity index (χ0) is 15.4. The summed E-state index contributed by atoms with van der Waals surface area (Å²) < 4.78 is 11.7. The average molecular weight is 357 g/mol. The molecule has 3 nitrogen and oxygen atoms in total. The summed E-state index contributed by atoms with van der Waals surface area (Å²) in [4.78, 5) is 11.8. The number of hydrogen-bond acceptors (Lipinski definition) is 3. The lowest BCUT2D eigenvalue weighted by atomic mass is 10.1. The topological polar surface area (TPSA) is 35.5 Å². The lowest BCUT2D eigenvalue weighted by Crippen LogP contribution is -2.17. The molecule has 4 heteroatoms. The van der Waals surface area contributed by atoms with Crippen molar-refractivity contribution in [3.05, 3.63) is 71.2 Å². The summed E-state index contributed by atoms with van der Waals surface area (Å²) in [6.07, 6.45) is 0. The van der Waals surface area contributed by atoms with Crippen molar-refractivity contribution in [1.82, 2.24) is 0 Å². The summed E-state index contributed by atoms with van der Waals surface area (Å²) in [5.41, 5.74) is 0. The van der Waals surface area contributed by atoms with Crippen LogP contribution < -0.4 is 9.47 Å². The maximum absolute atomic E-state index is 11.8. The Morgan fingerprint density at radius 2 is 1.64 bits per heavy atom. The number of hydrogen-bond donors (Lipinski definition) is 0. The second kappa shape index (κ2) is 6.62. The van der Waals surface area contributed by atoms with Gasteiger partial charge in [0.1, 0.15) is 11.5 Å². The van der Waals surface area contributed by atoms with E-state index in [0.29, 0.717) is 11.5 Å². The Hall–Kier alpha value is -2.33. The third kappa shape index (κ3) is 3.46. The van der Waals surface area contributed by atoms with E-state index in [1.165, 1.54) is 0 Å². The molecule has 0 aliphatic rings. The van der Waals surface area contributed by atoms with E-state index in [-0.39, 0.29) is 6.61 Å². The van der Waals surface area contributed by atoms with E-state index in [1.54, 1.807) is 12.1 Å². The Morgan fingerprint density at radius 1 is 0.909 bits per heavy atom. The first-order valence-corrected chi connectivity index (χ1v) is 7.58. The molecule has 0 saturated carbocycles. The van der Waals surface area contributed by atoms with Gasteiger partial charge < -0.3 is 9.47 Å². The smallest absolute Gasteiger partial charge is 0.349 e. The quantitative estimate of drug-likeness (QED) is 0.506. The van der Waals surface area contributed by atoms with Crippen molar-refractivity contribution in [3.8, 4) is 11.5 Å². The monoisotopic (exact) mass is 356 g/mol. The maximum Gasteiger partial charge on any atom is 0.349 e. The van der Waals surface area contributed by atoms with E-state index in [4.69, 9.17) is 9.47 Å². The molecular weight excluding hydrogens is 344 g/mol. The van der Waals surface area contributed by atoms with Crippen LogP contribution in [0.25, 0.3) is 10.8 Å². The van der Waals surface area contributed by atoms with E-state index >= 15 is 0 Å². The van der Waals surface area contributed by atoms with Gasteiger partial charge in [-0.3, -0.25) is 0 Å². The molecule has 0 fully saturated rings. The standard InChI is InChI=1S/C18H13BrO3/c19-14-8-10-15(11-9-14)22-18(20)12-21-17-7-3-5-13-4-1-2-6-16(13)17/h1-11H,12H2. The van der Waals surface area contributed by atoms with Crippen LogP contribution in [0.3, 0.4) is 0 Å². The van der Waals surface area contributed by atoms with Crippen molar-refractivity contribution in [2.75, 3.05) is 6.61 Å². The van der Waals surface area contributed by atoms with Gasteiger partial charge in [0.05, 0.1) is 0 Å². The predicted octanol–water partition coefficient (Wildman–Crippen LogP) is 4.59. The Morgan fingerprint density at radius 3 is 2.45 bits per heavy atom. The predicted molar refractivity (Wildman–Crippen MR) is 89.2 cm³/mol. The zero-order valence-electron chi connectivity index (χ0n) is 11.7. The molecule has 0 unspecified atom stereocenters. The van der Waals surface area contributed by atoms with Gasteiger partial charge in [-0.15, -0.1) is 0 Å². The Balaban J connectivity index is 1.66. The first-order valence-electron chi connectivity index (χ1n) is 6.79. The molecule has 110 valence electrons. The van der Waals surface area contributed by atoms with Crippen molar-refractivity contribution in [3.63, 3.8) is 0 Å². The molecule has 0 aliphatic heterocycles. The molecular formula is C18H13BrO3. The largest absolute Gasteiger partial charge is 0.481 e. The molecule has 22 heavy (non-hydrogen) atoms. The van der Waals surface area contributed by atoms with Gasteiger partial charge >= 0.3 is 5.97 Å². The number of rotatable bonds is 4. The second-order valence-electron chi connectivity index (χ2n) is 4.69. The van der Waals surface area contributed by atoms with Gasteiger partial charge in [0.2, 0.25) is 0 Å². The van der Waals surface area contributed by atoms with Crippen molar-refractivity contribution in [1.29, 1.82) is 0 Å². The Labute approximate surface area is 136 Å². The van der Waals surface area contributed by atoms with Crippen LogP contribution >= 0.6 is 15.9 Å². The molecule has 0 bridgehead atoms. The van der Waals surface area contributed by atoms with Crippen LogP contribution in [0.4, 0.5) is 0 Å². The number of carbonyl (C=O) groups excluding carboxylic acids is 1. The molecule has 0 saturated heterocycles. The first-order chi connectivity index (χ1) is 10.7. The molecule has 0 N–H and O–H groups in total. The molecule has 0 aliphatic carbocycles. The number of esters is 1. The van der Waals surface area contributed by atoms with Crippen LogP contribution in [-0.2, 0) is 4.79 Å². The highest BCUT2D eigenvalue weighted by atomic mass is 79.9. The molecule has 3 aromatic carbocycles. The van der Waals surface area contributed by atoms with Gasteiger partial charge in [0.25, 0.3) is 0 Å². The van der Waals surface area contributed by atoms with Crippen LogP contribution in [0.15, 0.2) is 71.2 Å². The van der Waals surface area contributed by atoms with E-state index in [9.17, 15) is 4.79 Å². The third-order valence-corrected chi connectivity index (χ3v) is 3.67. The number of ether oxygens (including phenoxy) is 2. The van der Waals surface area contributed by atoms with E-state index in [2.05, 4.69) is 15.9 Å². The van der Waals surface area contributed by atoms with Gasteiger partial charge in [0.15, 0.2) is 6.61 Å². The van der Waals surface area contributed by atoms with Crippen molar-refractivity contribution in [2.24, 2.45) is 0 Å². The molecule has 0 amide bonds. The summed E-state index contributed by atoms with van der Waals surface area (Å²) >= 11 is 3.33. The minimum Gasteiger partial charge on any atom is -0.481 e. The van der Waals surface area contributed by atoms with Crippen molar-refractivity contribution in [2.45, 2.75) is 0 Å². The summed E-state index contributed by atoms with van der Waals surface area (Å²) in [5.74, 6) is 0.732. The van der Waals surface area contributed by atoms with Gasteiger partial charge in [-0.1, -0.05) is 52.3 Å². The van der Waals surface area contributed by atoms with Crippen LogP contribution in [0, 0.1) is 0 Å². The highest BCUT2D eigenvalue weighted by Crippen LogP contribution is 2.25. The number of benzene rings is 3.